The van der Waals surface area contributed by atoms with Crippen LogP contribution in [0.4, 0.5) is 5.69 Å². The Bertz CT molecular complexity index is 581. The van der Waals surface area contributed by atoms with Crippen molar-refractivity contribution in [1.29, 1.82) is 5.26 Å². The Morgan fingerprint density at radius 3 is 2.83 bits per heavy atom. The van der Waals surface area contributed by atoms with E-state index >= 15 is 0 Å². The lowest BCUT2D eigenvalue weighted by molar-refractivity contribution is -0.122. The fourth-order valence-electron chi connectivity index (χ4n) is 3.24. The summed E-state index contributed by atoms with van der Waals surface area (Å²) in [4.78, 5) is 16.6. The van der Waals surface area contributed by atoms with Crippen LogP contribution in [0.3, 0.4) is 0 Å². The van der Waals surface area contributed by atoms with Crippen molar-refractivity contribution in [3.05, 3.63) is 29.8 Å². The summed E-state index contributed by atoms with van der Waals surface area (Å²) in [7, 11) is 0. The number of anilines is 1. The maximum Gasteiger partial charge on any atom is 0.234 e. The number of nitrogens with zero attached hydrogens (tertiary/aromatic N) is 3. The summed E-state index contributed by atoms with van der Waals surface area (Å²) in [6, 6.07) is 10.3. The van der Waals surface area contributed by atoms with E-state index in [-0.39, 0.29) is 11.9 Å². The maximum absolute atomic E-state index is 12.2. The third kappa shape index (κ3) is 5.24. The van der Waals surface area contributed by atoms with E-state index < -0.39 is 0 Å². The van der Waals surface area contributed by atoms with Gasteiger partial charge in [-0.3, -0.25) is 9.69 Å². The number of benzene rings is 1. The molecule has 1 amide bonds. The van der Waals surface area contributed by atoms with E-state index in [0.29, 0.717) is 6.54 Å². The van der Waals surface area contributed by atoms with Crippen molar-refractivity contribution in [3.63, 3.8) is 0 Å². The molecule has 1 aliphatic rings. The van der Waals surface area contributed by atoms with E-state index in [1.54, 1.807) is 0 Å². The molecule has 0 radical (unpaired) electrons. The lowest BCUT2D eigenvalue weighted by atomic mass is 10.1. The first-order valence-electron chi connectivity index (χ1n) is 8.89. The zero-order valence-electron chi connectivity index (χ0n) is 14.8. The van der Waals surface area contributed by atoms with Gasteiger partial charge in [-0.25, -0.2) is 0 Å². The van der Waals surface area contributed by atoms with Crippen molar-refractivity contribution in [2.24, 2.45) is 0 Å². The zero-order valence-corrected chi connectivity index (χ0v) is 14.8. The van der Waals surface area contributed by atoms with Gasteiger partial charge in [0.05, 0.1) is 17.8 Å². The molecule has 1 saturated heterocycles. The second kappa shape index (κ2) is 9.29. The van der Waals surface area contributed by atoms with Gasteiger partial charge in [-0.15, -0.1) is 0 Å². The number of rotatable bonds is 6. The van der Waals surface area contributed by atoms with Gasteiger partial charge in [0.15, 0.2) is 0 Å². The highest BCUT2D eigenvalue weighted by atomic mass is 16.2. The van der Waals surface area contributed by atoms with Crippen molar-refractivity contribution in [2.45, 2.75) is 39.2 Å². The minimum Gasteiger partial charge on any atom is -0.369 e. The minimum absolute atomic E-state index is 0.113. The SMILES string of the molecule is CCCC(C)NC(=O)CN1CCCN(c2ccccc2C#N)CC1. The van der Waals surface area contributed by atoms with E-state index in [1.165, 1.54) is 0 Å². The molecule has 1 aliphatic heterocycles. The first-order chi connectivity index (χ1) is 11.6. The molecule has 5 nitrogen and oxygen atoms in total. The van der Waals surface area contributed by atoms with Crippen molar-refractivity contribution in [2.75, 3.05) is 37.6 Å². The maximum atomic E-state index is 12.2. The third-order valence-electron chi connectivity index (χ3n) is 4.45. The molecule has 0 bridgehead atoms. The monoisotopic (exact) mass is 328 g/mol. The highest BCUT2D eigenvalue weighted by Gasteiger charge is 2.19. The standard InChI is InChI=1S/C19H28N4O/c1-3-7-16(2)21-19(24)15-22-10-6-11-23(13-12-22)18-9-5-4-8-17(18)14-20/h4-5,8-9,16H,3,6-7,10-13,15H2,1-2H3,(H,21,24). The second-order valence-corrected chi connectivity index (χ2v) is 6.50. The fourth-order valence-corrected chi connectivity index (χ4v) is 3.24. The van der Waals surface area contributed by atoms with Crippen molar-refractivity contribution in [3.8, 4) is 6.07 Å². The molecule has 1 N–H and O–H groups in total. The summed E-state index contributed by atoms with van der Waals surface area (Å²) in [6.07, 6.45) is 3.10. The van der Waals surface area contributed by atoms with Crippen LogP contribution in [-0.4, -0.2) is 49.6 Å². The Hall–Kier alpha value is -2.06. The van der Waals surface area contributed by atoms with Gasteiger partial charge in [0.1, 0.15) is 6.07 Å². The molecule has 1 fully saturated rings. The Morgan fingerprint density at radius 2 is 2.08 bits per heavy atom. The van der Waals surface area contributed by atoms with E-state index in [9.17, 15) is 10.1 Å². The lowest BCUT2D eigenvalue weighted by Crippen LogP contribution is -2.42. The molecular formula is C19H28N4O. The molecule has 1 heterocycles. The second-order valence-electron chi connectivity index (χ2n) is 6.50. The molecule has 1 aromatic rings. The summed E-state index contributed by atoms with van der Waals surface area (Å²) in [5, 5.41) is 12.4. The van der Waals surface area contributed by atoms with Crippen LogP contribution in [0, 0.1) is 11.3 Å². The van der Waals surface area contributed by atoms with Crippen LogP contribution in [0.1, 0.15) is 38.7 Å². The molecule has 0 aromatic heterocycles. The van der Waals surface area contributed by atoms with Crippen molar-refractivity contribution >= 4 is 11.6 Å². The number of hydrogen-bond acceptors (Lipinski definition) is 4. The third-order valence-corrected chi connectivity index (χ3v) is 4.45. The van der Waals surface area contributed by atoms with Gasteiger partial charge in [0.25, 0.3) is 0 Å². The molecule has 5 heteroatoms. The number of hydrogen-bond donors (Lipinski definition) is 1. The van der Waals surface area contributed by atoms with Gasteiger partial charge in [0.2, 0.25) is 5.91 Å². The first kappa shape index (κ1) is 18.3. The summed E-state index contributed by atoms with van der Waals surface area (Å²) in [5.74, 6) is 0.113. The predicted octanol–water partition coefficient (Wildman–Crippen LogP) is 2.38. The number of nitriles is 1. The highest BCUT2D eigenvalue weighted by Crippen LogP contribution is 2.21. The van der Waals surface area contributed by atoms with Crippen LogP contribution in [0.25, 0.3) is 0 Å². The number of carbonyl (C=O) groups is 1. The lowest BCUT2D eigenvalue weighted by Gasteiger charge is -2.24. The average molecular weight is 328 g/mol. The van der Waals surface area contributed by atoms with Crippen LogP contribution in [0.15, 0.2) is 24.3 Å². The van der Waals surface area contributed by atoms with Crippen LogP contribution < -0.4 is 10.2 Å². The van der Waals surface area contributed by atoms with Crippen LogP contribution in [0.2, 0.25) is 0 Å². The molecule has 2 rings (SSSR count). The molecule has 0 aliphatic carbocycles. The summed E-state index contributed by atoms with van der Waals surface area (Å²) >= 11 is 0. The Labute approximate surface area is 145 Å². The Balaban J connectivity index is 1.89. The minimum atomic E-state index is 0.113. The predicted molar refractivity (Wildman–Crippen MR) is 96.9 cm³/mol. The average Bonchev–Trinajstić information content (AvgIpc) is 2.80. The van der Waals surface area contributed by atoms with E-state index in [4.69, 9.17) is 0 Å². The molecule has 0 spiro atoms. The van der Waals surface area contributed by atoms with Gasteiger partial charge in [0, 0.05) is 32.2 Å². The normalized spacial score (nSPS) is 17.0. The van der Waals surface area contributed by atoms with E-state index in [1.807, 2.05) is 24.3 Å². The Morgan fingerprint density at radius 1 is 1.29 bits per heavy atom. The van der Waals surface area contributed by atoms with Gasteiger partial charge >= 0.3 is 0 Å². The molecule has 0 saturated carbocycles. The van der Waals surface area contributed by atoms with Crippen molar-refractivity contribution < 1.29 is 4.79 Å². The van der Waals surface area contributed by atoms with Gasteiger partial charge in [-0.2, -0.15) is 5.26 Å². The number of carbonyl (C=O) groups excluding carboxylic acids is 1. The molecular weight excluding hydrogens is 300 g/mol. The quantitative estimate of drug-likeness (QED) is 0.871. The summed E-state index contributed by atoms with van der Waals surface area (Å²) in [5.41, 5.74) is 1.72. The molecule has 1 unspecified atom stereocenters. The summed E-state index contributed by atoms with van der Waals surface area (Å²) < 4.78 is 0. The van der Waals surface area contributed by atoms with E-state index in [0.717, 1.165) is 56.7 Å². The van der Waals surface area contributed by atoms with Crippen LogP contribution in [0.5, 0.6) is 0 Å². The fraction of sp³-hybridized carbons (Fsp3) is 0.579. The zero-order chi connectivity index (χ0) is 17.4. The molecule has 1 aromatic carbocycles. The highest BCUT2D eigenvalue weighted by molar-refractivity contribution is 5.78. The van der Waals surface area contributed by atoms with Gasteiger partial charge in [-0.1, -0.05) is 25.5 Å². The molecule has 24 heavy (non-hydrogen) atoms. The first-order valence-corrected chi connectivity index (χ1v) is 8.89. The Kier molecular flexibility index (Phi) is 7.07. The largest absolute Gasteiger partial charge is 0.369 e. The van der Waals surface area contributed by atoms with Gasteiger partial charge in [-0.05, 0) is 31.9 Å². The van der Waals surface area contributed by atoms with Gasteiger partial charge < -0.3 is 10.2 Å². The summed E-state index contributed by atoms with van der Waals surface area (Å²) in [6.45, 7) is 8.17. The number of para-hydroxylation sites is 1. The van der Waals surface area contributed by atoms with Crippen LogP contribution >= 0.6 is 0 Å². The molecule has 1 atom stereocenters. The topological polar surface area (TPSA) is 59.4 Å². The van der Waals surface area contributed by atoms with E-state index in [2.05, 4.69) is 35.0 Å². The smallest absolute Gasteiger partial charge is 0.234 e. The number of amides is 1. The van der Waals surface area contributed by atoms with Crippen LogP contribution in [-0.2, 0) is 4.79 Å². The molecule has 130 valence electrons. The number of nitrogens with one attached hydrogen (secondary N) is 1. The van der Waals surface area contributed by atoms with Crippen molar-refractivity contribution in [1.82, 2.24) is 10.2 Å².